The maximum absolute atomic E-state index is 12.7. The highest BCUT2D eigenvalue weighted by atomic mass is 16.6. The quantitative estimate of drug-likeness (QED) is 0.200. The number of esters is 1. The summed E-state index contributed by atoms with van der Waals surface area (Å²) in [6.45, 7) is 15.1. The SMILES string of the molecule is CCOc1ccc2cc(C(=O)/C=C/c3cc(C)c(OC(C)(C)C(=O)OC(C)(C)C)c(C)c3)oc2c1. The number of furan rings is 1. The maximum Gasteiger partial charge on any atom is 0.350 e. The third-order valence-corrected chi connectivity index (χ3v) is 5.20. The monoisotopic (exact) mass is 478 g/mol. The topological polar surface area (TPSA) is 75.0 Å². The van der Waals surface area contributed by atoms with Gasteiger partial charge in [0.1, 0.15) is 22.7 Å². The van der Waals surface area contributed by atoms with Crippen molar-refractivity contribution in [2.24, 2.45) is 0 Å². The fourth-order valence-corrected chi connectivity index (χ4v) is 3.58. The molecule has 0 atom stereocenters. The van der Waals surface area contributed by atoms with Gasteiger partial charge < -0.3 is 18.6 Å². The molecule has 0 spiro atoms. The molecule has 0 aliphatic heterocycles. The molecule has 1 heterocycles. The van der Waals surface area contributed by atoms with Crippen LogP contribution in [0, 0.1) is 13.8 Å². The van der Waals surface area contributed by atoms with E-state index in [0.29, 0.717) is 23.7 Å². The van der Waals surface area contributed by atoms with Gasteiger partial charge in [-0.15, -0.1) is 0 Å². The highest BCUT2D eigenvalue weighted by Gasteiger charge is 2.35. The van der Waals surface area contributed by atoms with Gasteiger partial charge in [0.25, 0.3) is 0 Å². The van der Waals surface area contributed by atoms with Gasteiger partial charge in [-0.05, 0) is 108 Å². The Labute approximate surface area is 206 Å². The molecule has 0 aliphatic rings. The first kappa shape index (κ1) is 26.1. The average molecular weight is 479 g/mol. The fraction of sp³-hybridized carbons (Fsp3) is 0.379. The Kier molecular flexibility index (Phi) is 7.44. The van der Waals surface area contributed by atoms with Gasteiger partial charge in [-0.25, -0.2) is 4.79 Å². The maximum atomic E-state index is 12.7. The van der Waals surface area contributed by atoms with E-state index in [2.05, 4.69) is 0 Å². The summed E-state index contributed by atoms with van der Waals surface area (Å²) in [5, 5.41) is 0.839. The molecule has 0 unspecified atom stereocenters. The number of rotatable bonds is 8. The van der Waals surface area contributed by atoms with Crippen LogP contribution in [0.4, 0.5) is 0 Å². The Balaban J connectivity index is 1.77. The largest absolute Gasteiger partial charge is 0.494 e. The molecule has 0 saturated heterocycles. The second kappa shape index (κ2) is 9.98. The van der Waals surface area contributed by atoms with Crippen LogP contribution >= 0.6 is 0 Å². The molecular formula is C29H34O6. The zero-order valence-corrected chi connectivity index (χ0v) is 21.8. The third kappa shape index (κ3) is 6.53. The van der Waals surface area contributed by atoms with E-state index in [-0.39, 0.29) is 11.5 Å². The number of aryl methyl sites for hydroxylation is 2. The molecule has 0 N–H and O–H groups in total. The summed E-state index contributed by atoms with van der Waals surface area (Å²) in [5.41, 5.74) is 1.38. The lowest BCUT2D eigenvalue weighted by Crippen LogP contribution is -2.43. The highest BCUT2D eigenvalue weighted by Crippen LogP contribution is 2.30. The summed E-state index contributed by atoms with van der Waals surface area (Å²) in [6, 6.07) is 11.0. The van der Waals surface area contributed by atoms with Gasteiger partial charge in [-0.2, -0.15) is 0 Å². The summed E-state index contributed by atoms with van der Waals surface area (Å²) in [7, 11) is 0. The molecule has 0 fully saturated rings. The van der Waals surface area contributed by atoms with Gasteiger partial charge in [0.2, 0.25) is 5.78 Å². The van der Waals surface area contributed by atoms with E-state index < -0.39 is 17.2 Å². The standard InChI is InChI=1S/C29H34O6/c1-9-32-22-12-11-21-16-25(33-24(21)17-22)23(30)13-10-20-14-18(2)26(19(3)15-20)34-29(7,8)27(31)35-28(4,5)6/h10-17H,9H2,1-8H3/b13-10+. The third-order valence-electron chi connectivity index (χ3n) is 5.20. The molecule has 3 aromatic rings. The Hall–Kier alpha value is -3.54. The summed E-state index contributed by atoms with van der Waals surface area (Å²) in [6.07, 6.45) is 3.23. The second-order valence-corrected chi connectivity index (χ2v) is 10.0. The van der Waals surface area contributed by atoms with Gasteiger partial charge >= 0.3 is 5.97 Å². The predicted molar refractivity (Wildman–Crippen MR) is 137 cm³/mol. The minimum absolute atomic E-state index is 0.235. The average Bonchev–Trinajstić information content (AvgIpc) is 3.17. The van der Waals surface area contributed by atoms with Crippen LogP contribution in [0.15, 0.2) is 46.9 Å². The molecule has 0 saturated carbocycles. The molecule has 6 nitrogen and oxygen atoms in total. The number of fused-ring (bicyclic) bond motifs is 1. The number of hydrogen-bond donors (Lipinski definition) is 0. The van der Waals surface area contributed by atoms with Gasteiger partial charge in [-0.3, -0.25) is 4.79 Å². The van der Waals surface area contributed by atoms with Gasteiger partial charge in [0.15, 0.2) is 11.4 Å². The Morgan fingerprint density at radius 1 is 0.971 bits per heavy atom. The van der Waals surface area contributed by atoms with Crippen molar-refractivity contribution >= 4 is 28.8 Å². The Morgan fingerprint density at radius 2 is 1.63 bits per heavy atom. The summed E-state index contributed by atoms with van der Waals surface area (Å²) in [4.78, 5) is 25.3. The van der Waals surface area contributed by atoms with E-state index in [1.165, 1.54) is 6.08 Å². The van der Waals surface area contributed by atoms with E-state index in [0.717, 1.165) is 22.1 Å². The lowest BCUT2D eigenvalue weighted by molar-refractivity contribution is -0.171. The van der Waals surface area contributed by atoms with E-state index >= 15 is 0 Å². The molecule has 0 aliphatic carbocycles. The van der Waals surface area contributed by atoms with Gasteiger partial charge in [0.05, 0.1) is 6.61 Å². The zero-order chi connectivity index (χ0) is 26.0. The van der Waals surface area contributed by atoms with Crippen LogP contribution < -0.4 is 9.47 Å². The van der Waals surface area contributed by atoms with Crippen LogP contribution in [0.1, 0.15) is 68.8 Å². The fourth-order valence-electron chi connectivity index (χ4n) is 3.58. The van der Waals surface area contributed by atoms with Crippen LogP contribution in [0.2, 0.25) is 0 Å². The van der Waals surface area contributed by atoms with Crippen molar-refractivity contribution in [1.82, 2.24) is 0 Å². The molecule has 6 heteroatoms. The lowest BCUT2D eigenvalue weighted by atomic mass is 10.0. The van der Waals surface area contributed by atoms with Crippen molar-refractivity contribution < 1.29 is 28.2 Å². The summed E-state index contributed by atoms with van der Waals surface area (Å²) < 4.78 is 22.8. The molecule has 1 aromatic heterocycles. The van der Waals surface area contributed by atoms with Crippen molar-refractivity contribution in [3.63, 3.8) is 0 Å². The number of benzene rings is 2. The molecule has 0 radical (unpaired) electrons. The minimum atomic E-state index is -1.15. The van der Waals surface area contributed by atoms with Gasteiger partial charge in [-0.1, -0.05) is 6.08 Å². The van der Waals surface area contributed by atoms with Crippen LogP contribution in [-0.2, 0) is 9.53 Å². The minimum Gasteiger partial charge on any atom is -0.494 e. The van der Waals surface area contributed by atoms with E-state index in [9.17, 15) is 9.59 Å². The molecule has 186 valence electrons. The summed E-state index contributed by atoms with van der Waals surface area (Å²) >= 11 is 0. The molecule has 3 rings (SSSR count). The first-order chi connectivity index (χ1) is 16.3. The van der Waals surface area contributed by atoms with Gasteiger partial charge in [0, 0.05) is 11.5 Å². The lowest BCUT2D eigenvalue weighted by Gasteiger charge is -2.30. The molecule has 2 aromatic carbocycles. The van der Waals surface area contributed by atoms with E-state index in [1.54, 1.807) is 32.1 Å². The number of ketones is 1. The smallest absolute Gasteiger partial charge is 0.350 e. The van der Waals surface area contributed by atoms with Crippen molar-refractivity contribution in [1.29, 1.82) is 0 Å². The number of hydrogen-bond acceptors (Lipinski definition) is 6. The van der Waals surface area contributed by atoms with E-state index in [4.69, 9.17) is 18.6 Å². The second-order valence-electron chi connectivity index (χ2n) is 10.0. The van der Waals surface area contributed by atoms with E-state index in [1.807, 2.05) is 65.8 Å². The molecule has 0 amide bonds. The van der Waals surface area contributed by atoms with Crippen molar-refractivity contribution in [3.05, 3.63) is 64.9 Å². The van der Waals surface area contributed by atoms with Crippen LogP contribution in [0.25, 0.3) is 17.0 Å². The molecule has 0 bridgehead atoms. The number of allylic oxidation sites excluding steroid dienone is 1. The Bertz CT molecular complexity index is 1250. The summed E-state index contributed by atoms with van der Waals surface area (Å²) in [5.74, 6) is 0.912. The first-order valence-electron chi connectivity index (χ1n) is 11.7. The molecule has 35 heavy (non-hydrogen) atoms. The molecular weight excluding hydrogens is 444 g/mol. The van der Waals surface area contributed by atoms with Crippen LogP contribution in [0.3, 0.4) is 0 Å². The van der Waals surface area contributed by atoms with Crippen molar-refractivity contribution in [2.75, 3.05) is 6.61 Å². The number of carbonyl (C=O) groups excluding carboxylic acids is 2. The van der Waals surface area contributed by atoms with Crippen LogP contribution in [-0.4, -0.2) is 29.6 Å². The first-order valence-corrected chi connectivity index (χ1v) is 11.7. The normalized spacial score (nSPS) is 12.2. The Morgan fingerprint density at radius 3 is 2.23 bits per heavy atom. The number of ether oxygens (including phenoxy) is 3. The predicted octanol–water partition coefficient (Wildman–Crippen LogP) is 6.84. The highest BCUT2D eigenvalue weighted by molar-refractivity contribution is 6.07. The van der Waals surface area contributed by atoms with Crippen molar-refractivity contribution in [3.8, 4) is 11.5 Å². The van der Waals surface area contributed by atoms with Crippen molar-refractivity contribution in [2.45, 2.75) is 66.6 Å². The number of carbonyl (C=O) groups is 2. The zero-order valence-electron chi connectivity index (χ0n) is 21.8. The van der Waals surface area contributed by atoms with Crippen LogP contribution in [0.5, 0.6) is 11.5 Å².